The zero-order valence-corrected chi connectivity index (χ0v) is 20.5. The molecule has 2 heterocycles. The van der Waals surface area contributed by atoms with Crippen LogP contribution in [-0.2, 0) is 13.2 Å². The highest BCUT2D eigenvalue weighted by molar-refractivity contribution is 6.32. The summed E-state index contributed by atoms with van der Waals surface area (Å²) in [6.45, 7) is 8.63. The van der Waals surface area contributed by atoms with Gasteiger partial charge in [0.25, 0.3) is 0 Å². The lowest BCUT2D eigenvalue weighted by atomic mass is 10.2. The van der Waals surface area contributed by atoms with Crippen LogP contribution in [0.3, 0.4) is 0 Å². The molecular weight excluding hydrogens is 491 g/mol. The molecule has 0 bridgehead atoms. The summed E-state index contributed by atoms with van der Waals surface area (Å²) in [5.41, 5.74) is 3.44. The van der Waals surface area contributed by atoms with Gasteiger partial charge in [0.05, 0.1) is 22.8 Å². The fourth-order valence-corrected chi connectivity index (χ4v) is 3.51. The van der Waals surface area contributed by atoms with Gasteiger partial charge in [-0.1, -0.05) is 35.7 Å². The predicted octanol–water partition coefficient (Wildman–Crippen LogP) is 5.40. The van der Waals surface area contributed by atoms with Gasteiger partial charge in [-0.05, 0) is 53.9 Å². The van der Waals surface area contributed by atoms with Crippen molar-refractivity contribution in [3.05, 3.63) is 118 Å². The number of nitrogens with zero attached hydrogens (tertiary/aromatic N) is 4. The topological polar surface area (TPSA) is 76.3 Å². The number of nitrogens with one attached hydrogen (secondary N) is 2. The first-order valence-electron chi connectivity index (χ1n) is 11.4. The van der Waals surface area contributed by atoms with Gasteiger partial charge in [-0.2, -0.15) is 0 Å². The lowest BCUT2D eigenvalue weighted by molar-refractivity contribution is 0.306. The third-order valence-electron chi connectivity index (χ3n) is 5.03. The quantitative estimate of drug-likeness (QED) is 0.178. The normalized spacial score (nSPS) is 10.2. The zero-order chi connectivity index (χ0) is 25.9. The molecule has 184 valence electrons. The van der Waals surface area contributed by atoms with Crippen molar-refractivity contribution < 1.29 is 9.13 Å². The predicted molar refractivity (Wildman–Crippen MR) is 141 cm³/mol. The fourth-order valence-electron chi connectivity index (χ4n) is 3.27. The molecule has 2 N–H and O–H groups in total. The van der Waals surface area contributed by atoms with E-state index in [1.165, 1.54) is 18.5 Å². The van der Waals surface area contributed by atoms with E-state index in [0.717, 1.165) is 5.69 Å². The van der Waals surface area contributed by atoms with Crippen LogP contribution in [0.5, 0.6) is 5.75 Å². The Morgan fingerprint density at radius 1 is 1.08 bits per heavy atom. The number of benzene rings is 2. The van der Waals surface area contributed by atoms with E-state index in [2.05, 4.69) is 42.3 Å². The molecule has 2 aromatic heterocycles. The van der Waals surface area contributed by atoms with Crippen LogP contribution in [-0.4, -0.2) is 28.0 Å². The number of ether oxygens (including phenoxy) is 1. The Morgan fingerprint density at radius 3 is 2.81 bits per heavy atom. The number of hydrogen-bond donors (Lipinski definition) is 2. The van der Waals surface area contributed by atoms with Crippen LogP contribution in [0, 0.1) is 24.2 Å². The van der Waals surface area contributed by atoms with E-state index >= 15 is 0 Å². The number of rotatable bonds is 9. The van der Waals surface area contributed by atoms with Crippen molar-refractivity contribution in [3.63, 3.8) is 0 Å². The second-order valence-electron chi connectivity index (χ2n) is 7.80. The van der Waals surface area contributed by atoms with Crippen LogP contribution in [0.1, 0.15) is 22.5 Å². The molecule has 4 rings (SSSR count). The molecule has 0 saturated carbocycles. The summed E-state index contributed by atoms with van der Waals surface area (Å²) < 4.78 is 19.1. The molecule has 0 saturated heterocycles. The molecular formula is C28H22ClFN6O. The summed E-state index contributed by atoms with van der Waals surface area (Å²) in [5.74, 6) is 6.81. The number of halogens is 2. The van der Waals surface area contributed by atoms with Gasteiger partial charge in [-0.15, -0.1) is 0 Å². The van der Waals surface area contributed by atoms with Crippen molar-refractivity contribution in [2.45, 2.75) is 13.2 Å². The largest absolute Gasteiger partial charge is 0.487 e. The average molecular weight is 513 g/mol. The summed E-state index contributed by atoms with van der Waals surface area (Å²) in [6, 6.07) is 17.1. The SMILES string of the molecule is [C-]#[N+]CCNCc1cccc(C#Cc2cncnc2Nc2ccc(OCc3cccc(F)c3)c(Cl)c2)n1. The van der Waals surface area contributed by atoms with E-state index in [0.29, 0.717) is 58.7 Å². The van der Waals surface area contributed by atoms with E-state index in [1.807, 2.05) is 18.2 Å². The summed E-state index contributed by atoms with van der Waals surface area (Å²) in [4.78, 5) is 16.3. The minimum absolute atomic E-state index is 0.197. The van der Waals surface area contributed by atoms with Gasteiger partial charge in [0, 0.05) is 18.4 Å². The van der Waals surface area contributed by atoms with E-state index in [1.54, 1.807) is 36.5 Å². The number of hydrogen-bond acceptors (Lipinski definition) is 6. The maximum absolute atomic E-state index is 13.4. The highest BCUT2D eigenvalue weighted by Crippen LogP contribution is 2.30. The molecule has 9 heteroatoms. The minimum Gasteiger partial charge on any atom is -0.487 e. The Bertz CT molecular complexity index is 1480. The second-order valence-corrected chi connectivity index (χ2v) is 8.20. The molecule has 0 fully saturated rings. The fraction of sp³-hybridized carbons (Fsp3) is 0.143. The molecule has 0 aliphatic carbocycles. The first kappa shape index (κ1) is 25.6. The lowest BCUT2D eigenvalue weighted by Gasteiger charge is -2.11. The molecule has 0 radical (unpaired) electrons. The maximum Gasteiger partial charge on any atom is 0.226 e. The first-order chi connectivity index (χ1) is 18.1. The van der Waals surface area contributed by atoms with E-state index < -0.39 is 0 Å². The lowest BCUT2D eigenvalue weighted by Crippen LogP contribution is -2.17. The molecule has 0 atom stereocenters. The summed E-state index contributed by atoms with van der Waals surface area (Å²) in [5, 5.41) is 6.79. The standard InChI is InChI=1S/C28H22ClFN6O/c1-31-12-13-32-17-25-7-3-6-23(35-25)9-8-21-16-33-19-34-28(21)36-24-10-11-27(26(29)15-24)37-18-20-4-2-5-22(30)14-20/h2-7,10-11,14-16,19,32H,12-13,17-18H2,(H,33,34,36). The van der Waals surface area contributed by atoms with Gasteiger partial charge in [0.1, 0.15) is 36.0 Å². The van der Waals surface area contributed by atoms with Crippen LogP contribution in [0.25, 0.3) is 4.85 Å². The van der Waals surface area contributed by atoms with Crippen molar-refractivity contribution in [2.75, 3.05) is 18.4 Å². The van der Waals surface area contributed by atoms with Crippen LogP contribution < -0.4 is 15.4 Å². The van der Waals surface area contributed by atoms with Crippen LogP contribution in [0.4, 0.5) is 15.9 Å². The molecule has 0 spiro atoms. The monoisotopic (exact) mass is 512 g/mol. The summed E-state index contributed by atoms with van der Waals surface area (Å²) in [7, 11) is 0. The van der Waals surface area contributed by atoms with Crippen molar-refractivity contribution in [1.29, 1.82) is 0 Å². The van der Waals surface area contributed by atoms with Gasteiger partial charge in [0.2, 0.25) is 6.54 Å². The van der Waals surface area contributed by atoms with Gasteiger partial charge in [-0.3, -0.25) is 0 Å². The molecule has 0 aliphatic rings. The van der Waals surface area contributed by atoms with Crippen molar-refractivity contribution >= 4 is 23.1 Å². The van der Waals surface area contributed by atoms with Crippen LogP contribution in [0.2, 0.25) is 5.02 Å². The molecule has 2 aromatic carbocycles. The van der Waals surface area contributed by atoms with Crippen molar-refractivity contribution in [1.82, 2.24) is 20.3 Å². The molecule has 4 aromatic rings. The van der Waals surface area contributed by atoms with E-state index in [4.69, 9.17) is 22.9 Å². The van der Waals surface area contributed by atoms with E-state index in [9.17, 15) is 4.39 Å². The van der Waals surface area contributed by atoms with Gasteiger partial charge >= 0.3 is 0 Å². The highest BCUT2D eigenvalue weighted by Gasteiger charge is 2.08. The summed E-state index contributed by atoms with van der Waals surface area (Å²) >= 11 is 6.41. The first-order valence-corrected chi connectivity index (χ1v) is 11.7. The number of pyridine rings is 1. The van der Waals surface area contributed by atoms with Gasteiger partial charge < -0.3 is 20.2 Å². The maximum atomic E-state index is 13.4. The molecule has 7 nitrogen and oxygen atoms in total. The Balaban J connectivity index is 1.43. The Labute approximate surface area is 219 Å². The smallest absolute Gasteiger partial charge is 0.226 e. The molecule has 0 unspecified atom stereocenters. The Kier molecular flexibility index (Phi) is 8.98. The number of anilines is 2. The van der Waals surface area contributed by atoms with Crippen molar-refractivity contribution in [2.24, 2.45) is 0 Å². The molecule has 0 amide bonds. The van der Waals surface area contributed by atoms with Crippen LogP contribution >= 0.6 is 11.6 Å². The summed E-state index contributed by atoms with van der Waals surface area (Å²) in [6.07, 6.45) is 3.05. The van der Waals surface area contributed by atoms with Crippen molar-refractivity contribution in [3.8, 4) is 17.6 Å². The zero-order valence-electron chi connectivity index (χ0n) is 19.7. The Morgan fingerprint density at radius 2 is 1.97 bits per heavy atom. The van der Waals surface area contributed by atoms with E-state index in [-0.39, 0.29) is 12.4 Å². The van der Waals surface area contributed by atoms with Gasteiger partial charge in [-0.25, -0.2) is 25.9 Å². The average Bonchev–Trinajstić information content (AvgIpc) is 2.90. The number of aromatic nitrogens is 3. The third kappa shape index (κ3) is 7.74. The second kappa shape index (κ2) is 13.0. The molecule has 0 aliphatic heterocycles. The third-order valence-corrected chi connectivity index (χ3v) is 5.32. The Hall–Kier alpha value is -4.50. The minimum atomic E-state index is -0.316. The van der Waals surface area contributed by atoms with Gasteiger partial charge in [0.15, 0.2) is 0 Å². The van der Waals surface area contributed by atoms with Crippen LogP contribution in [0.15, 0.2) is 73.2 Å². The highest BCUT2D eigenvalue weighted by atomic mass is 35.5. The molecule has 37 heavy (non-hydrogen) atoms.